The fraction of sp³-hybridized carbons (Fsp3) is 0.462. The molecule has 0 nitrogen and oxygen atoms in total. The lowest BCUT2D eigenvalue weighted by Gasteiger charge is -2.17. The molecule has 0 heteroatoms. The van der Waals surface area contributed by atoms with E-state index >= 15 is 0 Å². The summed E-state index contributed by atoms with van der Waals surface area (Å²) in [6, 6.07) is 0. The summed E-state index contributed by atoms with van der Waals surface area (Å²) in [6.07, 6.45) is 0.902. The minimum atomic E-state index is 0.902. The Bertz CT molecular complexity index is 303. The van der Waals surface area contributed by atoms with Crippen molar-refractivity contribution in [3.05, 3.63) is 40.3 Å². The summed E-state index contributed by atoms with van der Waals surface area (Å²) in [5.41, 5.74) is 8.59. The second-order valence-corrected chi connectivity index (χ2v) is 3.85. The monoisotopic (exact) mass is 175 g/mol. The molecule has 0 spiro atoms. The molecule has 71 valence electrons. The Kier molecular flexibility index (Phi) is 2.80. The summed E-state index contributed by atoms with van der Waals surface area (Å²) in [7, 11) is 0. The molecule has 0 saturated heterocycles. The van der Waals surface area contributed by atoms with Gasteiger partial charge in [-0.25, -0.2) is 0 Å². The summed E-state index contributed by atoms with van der Waals surface area (Å²) < 4.78 is 0. The number of hydrogen-bond acceptors (Lipinski definition) is 0. The lowest BCUT2D eigenvalue weighted by molar-refractivity contribution is 1.08. The molecule has 0 amide bonds. The molecule has 0 atom stereocenters. The maximum absolute atomic E-state index is 3.99. The van der Waals surface area contributed by atoms with E-state index in [4.69, 9.17) is 0 Å². The largest absolute Gasteiger partial charge is 0.0489 e. The van der Waals surface area contributed by atoms with E-state index in [0.717, 1.165) is 6.42 Å². The van der Waals surface area contributed by atoms with Crippen molar-refractivity contribution in [2.45, 2.75) is 41.0 Å². The molecule has 0 fully saturated rings. The van der Waals surface area contributed by atoms with Crippen molar-refractivity contribution in [3.63, 3.8) is 0 Å². The highest BCUT2D eigenvalue weighted by Crippen LogP contribution is 2.25. The van der Waals surface area contributed by atoms with Crippen molar-refractivity contribution < 1.29 is 0 Å². The molecule has 0 N–H and O–H groups in total. The van der Waals surface area contributed by atoms with Crippen molar-refractivity contribution in [2.75, 3.05) is 0 Å². The zero-order chi connectivity index (χ0) is 10.2. The molecule has 1 aromatic rings. The van der Waals surface area contributed by atoms with E-state index in [1.54, 1.807) is 0 Å². The van der Waals surface area contributed by atoms with E-state index < -0.39 is 0 Å². The molecule has 1 rings (SSSR count). The molecule has 0 unspecified atom stereocenters. The standard InChI is InChI=1S/C13H19/c1-7-13-11(5)9(3)8(2)10(4)12(13)6/h1,7H2,2-6H3. The van der Waals surface area contributed by atoms with Crippen LogP contribution in [0.4, 0.5) is 0 Å². The van der Waals surface area contributed by atoms with E-state index in [2.05, 4.69) is 41.5 Å². The summed E-state index contributed by atoms with van der Waals surface area (Å²) in [5.74, 6) is 0. The Hall–Kier alpha value is -0.780. The highest BCUT2D eigenvalue weighted by molar-refractivity contribution is 5.49. The van der Waals surface area contributed by atoms with Gasteiger partial charge in [-0.2, -0.15) is 0 Å². The van der Waals surface area contributed by atoms with Crippen LogP contribution in [0.2, 0.25) is 0 Å². The number of hydrogen-bond donors (Lipinski definition) is 0. The summed E-state index contributed by atoms with van der Waals surface area (Å²) in [6.45, 7) is 15.0. The molecule has 0 aliphatic rings. The van der Waals surface area contributed by atoms with Crippen LogP contribution < -0.4 is 0 Å². The highest BCUT2D eigenvalue weighted by atomic mass is 14.1. The van der Waals surface area contributed by atoms with Gasteiger partial charge in [0.25, 0.3) is 0 Å². The van der Waals surface area contributed by atoms with Crippen LogP contribution in [0.15, 0.2) is 0 Å². The van der Waals surface area contributed by atoms with Gasteiger partial charge < -0.3 is 0 Å². The van der Waals surface area contributed by atoms with Crippen LogP contribution in [0.25, 0.3) is 0 Å². The fourth-order valence-electron chi connectivity index (χ4n) is 1.95. The molecule has 0 saturated carbocycles. The molecule has 0 aliphatic heterocycles. The van der Waals surface area contributed by atoms with Crippen LogP contribution in [-0.4, -0.2) is 0 Å². The van der Waals surface area contributed by atoms with Gasteiger partial charge in [0.15, 0.2) is 0 Å². The first-order chi connectivity index (χ1) is 6.00. The first kappa shape index (κ1) is 10.3. The molecule has 0 heterocycles. The third-order valence-corrected chi connectivity index (χ3v) is 3.41. The van der Waals surface area contributed by atoms with E-state index in [9.17, 15) is 0 Å². The van der Waals surface area contributed by atoms with Crippen LogP contribution in [0.3, 0.4) is 0 Å². The van der Waals surface area contributed by atoms with Gasteiger partial charge in [0, 0.05) is 0 Å². The topological polar surface area (TPSA) is 0 Å². The quantitative estimate of drug-likeness (QED) is 0.611. The second kappa shape index (κ2) is 3.53. The van der Waals surface area contributed by atoms with Gasteiger partial charge in [-0.1, -0.05) is 0 Å². The second-order valence-electron chi connectivity index (χ2n) is 3.85. The molecule has 1 aromatic carbocycles. The average molecular weight is 175 g/mol. The van der Waals surface area contributed by atoms with Crippen LogP contribution in [0, 0.1) is 41.5 Å². The van der Waals surface area contributed by atoms with Crippen molar-refractivity contribution >= 4 is 0 Å². The third-order valence-electron chi connectivity index (χ3n) is 3.41. The predicted molar refractivity (Wildman–Crippen MR) is 59.2 cm³/mol. The van der Waals surface area contributed by atoms with Crippen molar-refractivity contribution in [1.29, 1.82) is 0 Å². The van der Waals surface area contributed by atoms with E-state index in [-0.39, 0.29) is 0 Å². The predicted octanol–water partition coefficient (Wildman–Crippen LogP) is 3.61. The minimum absolute atomic E-state index is 0.902. The zero-order valence-electron chi connectivity index (χ0n) is 9.41. The van der Waals surface area contributed by atoms with Gasteiger partial charge in [-0.3, -0.25) is 0 Å². The maximum atomic E-state index is 3.99. The Morgan fingerprint density at radius 1 is 0.692 bits per heavy atom. The van der Waals surface area contributed by atoms with Crippen LogP contribution in [0.1, 0.15) is 33.4 Å². The fourth-order valence-corrected chi connectivity index (χ4v) is 1.95. The SMILES string of the molecule is [CH2]Cc1c(C)c(C)c(C)c(C)c1C. The molecular formula is C13H19. The van der Waals surface area contributed by atoms with Crippen LogP contribution in [-0.2, 0) is 6.42 Å². The van der Waals surface area contributed by atoms with Gasteiger partial charge >= 0.3 is 0 Å². The molecular weight excluding hydrogens is 156 g/mol. The van der Waals surface area contributed by atoms with E-state index in [1.165, 1.54) is 33.4 Å². The van der Waals surface area contributed by atoms with Crippen molar-refractivity contribution in [1.82, 2.24) is 0 Å². The van der Waals surface area contributed by atoms with E-state index in [0.29, 0.717) is 0 Å². The summed E-state index contributed by atoms with van der Waals surface area (Å²) in [4.78, 5) is 0. The number of benzene rings is 1. The lowest BCUT2D eigenvalue weighted by Crippen LogP contribution is -2.01. The first-order valence-electron chi connectivity index (χ1n) is 4.85. The molecule has 13 heavy (non-hydrogen) atoms. The first-order valence-corrected chi connectivity index (χ1v) is 4.85. The van der Waals surface area contributed by atoms with Gasteiger partial charge in [0.2, 0.25) is 0 Å². The van der Waals surface area contributed by atoms with Crippen molar-refractivity contribution in [3.8, 4) is 0 Å². The summed E-state index contributed by atoms with van der Waals surface area (Å²) in [5, 5.41) is 0. The van der Waals surface area contributed by atoms with Gasteiger partial charge in [-0.05, 0) is 81.3 Å². The summed E-state index contributed by atoms with van der Waals surface area (Å²) >= 11 is 0. The van der Waals surface area contributed by atoms with Crippen LogP contribution >= 0.6 is 0 Å². The normalized spacial score (nSPS) is 10.6. The van der Waals surface area contributed by atoms with Crippen LogP contribution in [0.5, 0.6) is 0 Å². The Labute approximate surface area is 82.0 Å². The Balaban J connectivity index is 3.56. The Morgan fingerprint density at radius 3 is 1.31 bits per heavy atom. The average Bonchev–Trinajstić information content (AvgIpc) is 2.13. The van der Waals surface area contributed by atoms with Crippen molar-refractivity contribution in [2.24, 2.45) is 0 Å². The molecule has 1 radical (unpaired) electrons. The highest BCUT2D eigenvalue weighted by Gasteiger charge is 2.09. The minimum Gasteiger partial charge on any atom is -0.0489 e. The maximum Gasteiger partial charge on any atom is -0.0273 e. The third kappa shape index (κ3) is 1.50. The van der Waals surface area contributed by atoms with E-state index in [1.807, 2.05) is 0 Å². The number of rotatable bonds is 1. The lowest BCUT2D eigenvalue weighted by atomic mass is 9.89. The van der Waals surface area contributed by atoms with Gasteiger partial charge in [-0.15, -0.1) is 0 Å². The van der Waals surface area contributed by atoms with Gasteiger partial charge in [0.05, 0.1) is 0 Å². The zero-order valence-corrected chi connectivity index (χ0v) is 9.41. The molecule has 0 aliphatic carbocycles. The smallest absolute Gasteiger partial charge is 0.0273 e. The Morgan fingerprint density at radius 2 is 1.00 bits per heavy atom. The molecule has 0 aromatic heterocycles. The van der Waals surface area contributed by atoms with Gasteiger partial charge in [0.1, 0.15) is 0 Å². The molecule has 0 bridgehead atoms.